The lowest BCUT2D eigenvalue weighted by molar-refractivity contribution is 0.0594. The van der Waals surface area contributed by atoms with Crippen molar-refractivity contribution in [1.82, 2.24) is 0 Å². The summed E-state index contributed by atoms with van der Waals surface area (Å²) in [4.78, 5) is 13.4. The molecule has 4 heteroatoms. The minimum absolute atomic E-state index is 0.0940. The number of phenols is 1. The third kappa shape index (κ3) is 3.64. The van der Waals surface area contributed by atoms with Gasteiger partial charge in [-0.1, -0.05) is 103 Å². The van der Waals surface area contributed by atoms with E-state index in [-0.39, 0.29) is 5.75 Å². The second kappa shape index (κ2) is 9.14. The van der Waals surface area contributed by atoms with Gasteiger partial charge in [0.1, 0.15) is 23.7 Å². The molecule has 182 valence electrons. The normalized spacial score (nSPS) is 14.0. The second-order valence-electron chi connectivity index (χ2n) is 9.39. The zero-order valence-electron chi connectivity index (χ0n) is 20.5. The molecule has 0 saturated carbocycles. The van der Waals surface area contributed by atoms with Crippen LogP contribution in [0.25, 0.3) is 21.9 Å². The van der Waals surface area contributed by atoms with Crippen molar-refractivity contribution in [2.75, 3.05) is 13.7 Å². The number of carbonyl (C=O) groups excluding carboxylic acids is 1. The number of para-hydroxylation sites is 1. The second-order valence-corrected chi connectivity index (χ2v) is 9.39. The first-order chi connectivity index (χ1) is 18.1. The summed E-state index contributed by atoms with van der Waals surface area (Å²) in [5, 5.41) is 12.6. The van der Waals surface area contributed by atoms with Gasteiger partial charge in [-0.25, -0.2) is 4.79 Å². The molecule has 5 aromatic carbocycles. The van der Waals surface area contributed by atoms with Gasteiger partial charge in [0.2, 0.25) is 0 Å². The molecule has 6 rings (SSSR count). The number of rotatable bonds is 4. The molecule has 1 aliphatic heterocycles. The van der Waals surface area contributed by atoms with Gasteiger partial charge in [-0.2, -0.15) is 0 Å². The van der Waals surface area contributed by atoms with E-state index in [0.717, 1.165) is 27.5 Å². The van der Waals surface area contributed by atoms with Crippen molar-refractivity contribution >= 4 is 16.7 Å². The smallest absolute Gasteiger partial charge is 0.342 e. The summed E-state index contributed by atoms with van der Waals surface area (Å²) in [6.45, 7) is 0.358. The van der Waals surface area contributed by atoms with E-state index in [9.17, 15) is 9.90 Å². The van der Waals surface area contributed by atoms with Gasteiger partial charge >= 0.3 is 5.97 Å². The van der Waals surface area contributed by atoms with E-state index >= 15 is 0 Å². The van der Waals surface area contributed by atoms with E-state index in [4.69, 9.17) is 9.47 Å². The molecule has 0 radical (unpaired) electrons. The molecule has 1 N–H and O–H groups in total. The molecule has 1 aliphatic rings. The monoisotopic (exact) mass is 486 g/mol. The van der Waals surface area contributed by atoms with Crippen LogP contribution >= 0.6 is 0 Å². The Labute approximate surface area is 215 Å². The largest absolute Gasteiger partial charge is 0.507 e. The first-order valence-corrected chi connectivity index (χ1v) is 12.3. The highest BCUT2D eigenvalue weighted by molar-refractivity contribution is 6.13. The Balaban J connectivity index is 1.69. The number of hydrogen-bond donors (Lipinski definition) is 1. The Morgan fingerprint density at radius 2 is 1.35 bits per heavy atom. The minimum Gasteiger partial charge on any atom is -0.507 e. The fourth-order valence-corrected chi connectivity index (χ4v) is 5.68. The Morgan fingerprint density at radius 3 is 1.97 bits per heavy atom. The van der Waals surface area contributed by atoms with Crippen LogP contribution in [0.2, 0.25) is 0 Å². The predicted octanol–water partition coefficient (Wildman–Crippen LogP) is 6.92. The Morgan fingerprint density at radius 1 is 0.784 bits per heavy atom. The number of aromatic hydroxyl groups is 1. The van der Waals surface area contributed by atoms with Crippen LogP contribution in [0, 0.1) is 0 Å². The average Bonchev–Trinajstić information content (AvgIpc) is 2.97. The average molecular weight is 487 g/mol. The van der Waals surface area contributed by atoms with Crippen molar-refractivity contribution < 1.29 is 19.4 Å². The predicted molar refractivity (Wildman–Crippen MR) is 145 cm³/mol. The van der Waals surface area contributed by atoms with Crippen LogP contribution < -0.4 is 4.74 Å². The van der Waals surface area contributed by atoms with Crippen molar-refractivity contribution in [1.29, 1.82) is 0 Å². The maximum absolute atomic E-state index is 13.4. The molecular formula is C33H26O4. The molecule has 0 unspecified atom stereocenters. The Kier molecular flexibility index (Phi) is 5.65. The third-order valence-electron chi connectivity index (χ3n) is 7.43. The molecule has 1 heterocycles. The molecule has 0 amide bonds. The molecule has 0 aromatic heterocycles. The van der Waals surface area contributed by atoms with Gasteiger partial charge in [-0.3, -0.25) is 0 Å². The SMILES string of the molecule is COC(=O)c1c2c(c3ccccc3c1-c1ccccc1O)CC(c1ccccc1)(c1ccccc1)CO2. The molecule has 0 bridgehead atoms. The van der Waals surface area contributed by atoms with Gasteiger partial charge < -0.3 is 14.6 Å². The lowest BCUT2D eigenvalue weighted by atomic mass is 9.68. The van der Waals surface area contributed by atoms with Crippen molar-refractivity contribution in [3.05, 3.63) is 131 Å². The fraction of sp³-hybridized carbons (Fsp3) is 0.121. The fourth-order valence-electron chi connectivity index (χ4n) is 5.68. The van der Waals surface area contributed by atoms with Crippen LogP contribution in [0.5, 0.6) is 11.5 Å². The van der Waals surface area contributed by atoms with Gasteiger partial charge in [0.25, 0.3) is 0 Å². The zero-order valence-corrected chi connectivity index (χ0v) is 20.5. The van der Waals surface area contributed by atoms with Crippen molar-refractivity contribution in [2.45, 2.75) is 11.8 Å². The van der Waals surface area contributed by atoms with E-state index in [1.54, 1.807) is 12.1 Å². The molecule has 0 saturated heterocycles. The van der Waals surface area contributed by atoms with Crippen molar-refractivity contribution in [2.24, 2.45) is 0 Å². The lowest BCUT2D eigenvalue weighted by Gasteiger charge is -2.40. The van der Waals surface area contributed by atoms with E-state index in [0.29, 0.717) is 35.5 Å². The van der Waals surface area contributed by atoms with Crippen LogP contribution in [0.1, 0.15) is 27.0 Å². The number of ether oxygens (including phenoxy) is 2. The lowest BCUT2D eigenvalue weighted by Crippen LogP contribution is -2.41. The molecular weight excluding hydrogens is 460 g/mol. The number of fused-ring (bicyclic) bond motifs is 3. The Hall–Kier alpha value is -4.57. The molecule has 0 atom stereocenters. The first kappa shape index (κ1) is 22.9. The Bertz CT molecular complexity index is 1570. The summed E-state index contributed by atoms with van der Waals surface area (Å²) in [5.41, 5.74) is 4.34. The van der Waals surface area contributed by atoms with E-state index in [1.165, 1.54) is 7.11 Å². The van der Waals surface area contributed by atoms with E-state index in [2.05, 4.69) is 54.6 Å². The quantitative estimate of drug-likeness (QED) is 0.280. The minimum atomic E-state index is -0.493. The number of methoxy groups -OCH3 is 1. The summed E-state index contributed by atoms with van der Waals surface area (Å²) >= 11 is 0. The van der Waals surface area contributed by atoms with Crippen molar-refractivity contribution in [3.8, 4) is 22.6 Å². The van der Waals surface area contributed by atoms with Crippen LogP contribution in [0.4, 0.5) is 0 Å². The van der Waals surface area contributed by atoms with E-state index in [1.807, 2.05) is 42.5 Å². The van der Waals surface area contributed by atoms with Gasteiger partial charge in [-0.05, 0) is 34.4 Å². The molecule has 0 fully saturated rings. The van der Waals surface area contributed by atoms with Crippen molar-refractivity contribution in [3.63, 3.8) is 0 Å². The highest BCUT2D eigenvalue weighted by Crippen LogP contribution is 2.50. The zero-order chi connectivity index (χ0) is 25.4. The van der Waals surface area contributed by atoms with Crippen LogP contribution in [-0.4, -0.2) is 24.8 Å². The maximum Gasteiger partial charge on any atom is 0.342 e. The van der Waals surface area contributed by atoms with Gasteiger partial charge in [-0.15, -0.1) is 0 Å². The van der Waals surface area contributed by atoms with Crippen LogP contribution in [0.15, 0.2) is 109 Å². The topological polar surface area (TPSA) is 55.8 Å². The molecule has 0 spiro atoms. The van der Waals surface area contributed by atoms with E-state index < -0.39 is 11.4 Å². The number of hydrogen-bond acceptors (Lipinski definition) is 4. The first-order valence-electron chi connectivity index (χ1n) is 12.3. The molecule has 37 heavy (non-hydrogen) atoms. The highest BCUT2D eigenvalue weighted by Gasteiger charge is 2.42. The summed E-state index contributed by atoms with van der Waals surface area (Å²) in [6, 6.07) is 35.9. The third-order valence-corrected chi connectivity index (χ3v) is 7.43. The number of phenolic OH excluding ortho intramolecular Hbond substituents is 1. The van der Waals surface area contributed by atoms with Gasteiger partial charge in [0, 0.05) is 16.7 Å². The maximum atomic E-state index is 13.4. The summed E-state index contributed by atoms with van der Waals surface area (Å²) in [5.74, 6) is 0.120. The standard InChI is InChI=1S/C33H26O4/c1-36-32(35)30-29(26-18-10-11-19-28(26)34)25-17-9-8-16-24(25)27-20-33(21-37-31(27)30,22-12-4-2-5-13-22)23-14-6-3-7-15-23/h2-19,34H,20-21H2,1H3. The summed E-state index contributed by atoms with van der Waals surface area (Å²) < 4.78 is 11.9. The van der Waals surface area contributed by atoms with Crippen LogP contribution in [-0.2, 0) is 16.6 Å². The number of benzene rings is 5. The molecule has 0 aliphatic carbocycles. The highest BCUT2D eigenvalue weighted by atomic mass is 16.5. The van der Waals surface area contributed by atoms with Gasteiger partial charge in [0.15, 0.2) is 0 Å². The number of esters is 1. The summed E-state index contributed by atoms with van der Waals surface area (Å²) in [6.07, 6.45) is 0.641. The molecule has 5 aromatic rings. The summed E-state index contributed by atoms with van der Waals surface area (Å²) in [7, 11) is 1.37. The van der Waals surface area contributed by atoms with Gasteiger partial charge in [0.05, 0.1) is 12.5 Å². The number of carbonyl (C=O) groups is 1. The van der Waals surface area contributed by atoms with Crippen LogP contribution in [0.3, 0.4) is 0 Å². The molecule has 4 nitrogen and oxygen atoms in total.